The average molecular weight is 275 g/mol. The van der Waals surface area contributed by atoms with Gasteiger partial charge in [-0.25, -0.2) is 8.78 Å². The van der Waals surface area contributed by atoms with E-state index in [4.69, 9.17) is 11.6 Å². The van der Waals surface area contributed by atoms with Crippen molar-refractivity contribution in [1.82, 2.24) is 5.32 Å². The zero-order chi connectivity index (χ0) is 13.2. The highest BCUT2D eigenvalue weighted by Crippen LogP contribution is 2.32. The number of hydrogen-bond donors (Lipinski definition) is 2. The second-order valence-electron chi connectivity index (χ2n) is 4.77. The molecule has 0 radical (unpaired) electrons. The number of benzene rings is 1. The maximum absolute atomic E-state index is 13.1. The van der Waals surface area contributed by atoms with Crippen LogP contribution in [0.3, 0.4) is 0 Å². The third kappa shape index (κ3) is 3.33. The topological polar surface area (TPSA) is 24.1 Å². The predicted molar refractivity (Wildman–Crippen MR) is 70.5 cm³/mol. The van der Waals surface area contributed by atoms with Crippen LogP contribution in [0.4, 0.5) is 14.5 Å². The molecule has 18 heavy (non-hydrogen) atoms. The van der Waals surface area contributed by atoms with E-state index < -0.39 is 5.92 Å². The summed E-state index contributed by atoms with van der Waals surface area (Å²) >= 11 is 6.04. The lowest BCUT2D eigenvalue weighted by Gasteiger charge is -2.25. The zero-order valence-electron chi connectivity index (χ0n) is 10.3. The Morgan fingerprint density at radius 1 is 1.44 bits per heavy atom. The number of rotatable bonds is 3. The fraction of sp³-hybridized carbons (Fsp3) is 0.538. The minimum Gasteiger partial charge on any atom is -0.380 e. The molecule has 0 aliphatic carbocycles. The molecule has 1 aliphatic rings. The van der Waals surface area contributed by atoms with Crippen molar-refractivity contribution in [1.29, 1.82) is 0 Å². The molecule has 1 aromatic carbocycles. The SMILES string of the molecule is CC(F)(F)c1ccc(NC2CCCNC2)c(Cl)c1. The van der Waals surface area contributed by atoms with Gasteiger partial charge in [-0.15, -0.1) is 0 Å². The Balaban J connectivity index is 2.09. The quantitative estimate of drug-likeness (QED) is 0.880. The van der Waals surface area contributed by atoms with Crippen LogP contribution in [-0.4, -0.2) is 19.1 Å². The molecule has 1 aliphatic heterocycles. The van der Waals surface area contributed by atoms with Crippen LogP contribution in [-0.2, 0) is 5.92 Å². The molecule has 0 aromatic heterocycles. The fourth-order valence-corrected chi connectivity index (χ4v) is 2.34. The average Bonchev–Trinajstić information content (AvgIpc) is 2.32. The van der Waals surface area contributed by atoms with Crippen LogP contribution in [0.5, 0.6) is 0 Å². The van der Waals surface area contributed by atoms with Gasteiger partial charge in [-0.2, -0.15) is 0 Å². The molecule has 1 saturated heterocycles. The van der Waals surface area contributed by atoms with E-state index in [1.54, 1.807) is 6.07 Å². The van der Waals surface area contributed by atoms with Crippen molar-refractivity contribution in [3.63, 3.8) is 0 Å². The second-order valence-corrected chi connectivity index (χ2v) is 5.18. The molecule has 1 heterocycles. The number of anilines is 1. The molecule has 1 aromatic rings. The second kappa shape index (κ2) is 5.41. The lowest BCUT2D eigenvalue weighted by molar-refractivity contribution is 0.0175. The third-order valence-corrected chi connectivity index (χ3v) is 3.45. The Morgan fingerprint density at radius 2 is 2.22 bits per heavy atom. The standard InChI is InChI=1S/C13H17ClF2N2/c1-13(15,16)9-4-5-12(11(14)7-9)18-10-3-2-6-17-8-10/h4-5,7,10,17-18H,2-3,6,8H2,1H3. The number of piperidine rings is 1. The molecule has 1 unspecified atom stereocenters. The van der Waals surface area contributed by atoms with E-state index in [9.17, 15) is 8.78 Å². The molecule has 5 heteroatoms. The largest absolute Gasteiger partial charge is 0.380 e. The molecule has 0 amide bonds. The highest BCUT2D eigenvalue weighted by molar-refractivity contribution is 6.33. The Morgan fingerprint density at radius 3 is 2.78 bits per heavy atom. The van der Waals surface area contributed by atoms with Crippen molar-refractivity contribution in [2.75, 3.05) is 18.4 Å². The molecule has 0 saturated carbocycles. The maximum Gasteiger partial charge on any atom is 0.270 e. The summed E-state index contributed by atoms with van der Waals surface area (Å²) < 4.78 is 26.3. The van der Waals surface area contributed by atoms with Crippen LogP contribution in [0.25, 0.3) is 0 Å². The minimum atomic E-state index is -2.85. The lowest BCUT2D eigenvalue weighted by atomic mass is 10.1. The van der Waals surface area contributed by atoms with E-state index in [2.05, 4.69) is 10.6 Å². The van der Waals surface area contributed by atoms with Crippen LogP contribution < -0.4 is 10.6 Å². The van der Waals surface area contributed by atoms with E-state index in [0.29, 0.717) is 11.1 Å². The van der Waals surface area contributed by atoms with Gasteiger partial charge < -0.3 is 10.6 Å². The van der Waals surface area contributed by atoms with Crippen molar-refractivity contribution in [2.24, 2.45) is 0 Å². The maximum atomic E-state index is 13.1. The molecule has 2 nitrogen and oxygen atoms in total. The van der Waals surface area contributed by atoms with Crippen molar-refractivity contribution in [2.45, 2.75) is 31.7 Å². The van der Waals surface area contributed by atoms with E-state index in [1.165, 1.54) is 12.1 Å². The van der Waals surface area contributed by atoms with Crippen LogP contribution in [0.1, 0.15) is 25.3 Å². The molecule has 2 N–H and O–H groups in total. The van der Waals surface area contributed by atoms with Gasteiger partial charge in [0.15, 0.2) is 0 Å². The third-order valence-electron chi connectivity index (χ3n) is 3.13. The molecule has 1 fully saturated rings. The van der Waals surface area contributed by atoms with Gasteiger partial charge in [0, 0.05) is 25.1 Å². The summed E-state index contributed by atoms with van der Waals surface area (Å²) in [6, 6.07) is 4.69. The summed E-state index contributed by atoms with van der Waals surface area (Å²) in [5.41, 5.74) is 0.665. The van der Waals surface area contributed by atoms with Crippen LogP contribution in [0.2, 0.25) is 5.02 Å². The van der Waals surface area contributed by atoms with E-state index in [1.807, 2.05) is 0 Å². The van der Waals surface area contributed by atoms with Crippen molar-refractivity contribution in [3.05, 3.63) is 28.8 Å². The summed E-state index contributed by atoms with van der Waals surface area (Å²) in [6.07, 6.45) is 2.18. The van der Waals surface area contributed by atoms with Crippen LogP contribution >= 0.6 is 11.6 Å². The monoisotopic (exact) mass is 274 g/mol. The summed E-state index contributed by atoms with van der Waals surface area (Å²) in [5.74, 6) is -2.85. The summed E-state index contributed by atoms with van der Waals surface area (Å²) in [7, 11) is 0. The van der Waals surface area contributed by atoms with Gasteiger partial charge in [0.05, 0.1) is 10.7 Å². The summed E-state index contributed by atoms with van der Waals surface area (Å²) in [4.78, 5) is 0. The number of hydrogen-bond acceptors (Lipinski definition) is 2. The fourth-order valence-electron chi connectivity index (χ4n) is 2.10. The Hall–Kier alpha value is -0.870. The Labute approximate surface area is 111 Å². The molecule has 0 spiro atoms. The summed E-state index contributed by atoms with van der Waals surface area (Å²) in [5, 5.41) is 6.92. The number of nitrogens with one attached hydrogen (secondary N) is 2. The normalized spacial score (nSPS) is 20.8. The molecule has 100 valence electrons. The Bertz CT molecular complexity index is 412. The number of halogens is 3. The highest BCUT2D eigenvalue weighted by Gasteiger charge is 2.25. The van der Waals surface area contributed by atoms with Gasteiger partial charge in [-0.3, -0.25) is 0 Å². The van der Waals surface area contributed by atoms with Gasteiger partial charge in [-0.1, -0.05) is 17.7 Å². The van der Waals surface area contributed by atoms with E-state index >= 15 is 0 Å². The molecule has 2 rings (SSSR count). The van der Waals surface area contributed by atoms with Gasteiger partial charge in [0.25, 0.3) is 5.92 Å². The first-order chi connectivity index (χ1) is 8.47. The highest BCUT2D eigenvalue weighted by atomic mass is 35.5. The van der Waals surface area contributed by atoms with Crippen molar-refractivity contribution in [3.8, 4) is 0 Å². The molecule has 0 bridgehead atoms. The van der Waals surface area contributed by atoms with Crippen molar-refractivity contribution < 1.29 is 8.78 Å². The van der Waals surface area contributed by atoms with Crippen molar-refractivity contribution >= 4 is 17.3 Å². The smallest absolute Gasteiger partial charge is 0.270 e. The first kappa shape index (κ1) is 13.6. The molecular weight excluding hydrogens is 258 g/mol. The zero-order valence-corrected chi connectivity index (χ0v) is 11.0. The van der Waals surface area contributed by atoms with Gasteiger partial charge in [0.1, 0.15) is 0 Å². The first-order valence-corrected chi connectivity index (χ1v) is 6.50. The van der Waals surface area contributed by atoms with Crippen LogP contribution in [0.15, 0.2) is 18.2 Å². The van der Waals surface area contributed by atoms with Crippen LogP contribution in [0, 0.1) is 0 Å². The van der Waals surface area contributed by atoms with Gasteiger partial charge >= 0.3 is 0 Å². The molecule has 1 atom stereocenters. The predicted octanol–water partition coefficient (Wildman–Crippen LogP) is 3.62. The first-order valence-electron chi connectivity index (χ1n) is 6.12. The summed E-state index contributed by atoms with van der Waals surface area (Å²) in [6.45, 7) is 2.78. The number of alkyl halides is 2. The molecular formula is C13H17ClF2N2. The lowest BCUT2D eigenvalue weighted by Crippen LogP contribution is -2.38. The van der Waals surface area contributed by atoms with Gasteiger partial charge in [-0.05, 0) is 31.5 Å². The van der Waals surface area contributed by atoms with E-state index in [-0.39, 0.29) is 5.56 Å². The Kier molecular flexibility index (Phi) is 4.07. The van der Waals surface area contributed by atoms with E-state index in [0.717, 1.165) is 38.5 Å². The minimum absolute atomic E-state index is 0.0557. The van der Waals surface area contributed by atoms with Gasteiger partial charge in [0.2, 0.25) is 0 Å².